The summed E-state index contributed by atoms with van der Waals surface area (Å²) in [4.78, 5) is 35.1. The molecule has 1 saturated heterocycles. The van der Waals surface area contributed by atoms with Crippen LogP contribution in [0.5, 0.6) is 5.75 Å². The summed E-state index contributed by atoms with van der Waals surface area (Å²) in [6, 6.07) is 4.42. The second-order valence-electron chi connectivity index (χ2n) is 13.0. The highest BCUT2D eigenvalue weighted by molar-refractivity contribution is 6.74. The Hall–Kier alpha value is -2.39. The van der Waals surface area contributed by atoms with Crippen molar-refractivity contribution >= 4 is 31.2 Å². The summed E-state index contributed by atoms with van der Waals surface area (Å²) in [5, 5.41) is 0.201. The van der Waals surface area contributed by atoms with E-state index in [1.807, 2.05) is 16.5 Å². The van der Waals surface area contributed by atoms with Gasteiger partial charge in [-0.05, 0) is 80.3 Å². The minimum absolute atomic E-state index is 0.0331. The number of piperazine rings is 1. The van der Waals surface area contributed by atoms with Crippen molar-refractivity contribution in [3.8, 4) is 5.75 Å². The van der Waals surface area contributed by atoms with Gasteiger partial charge in [-0.3, -0.25) is 9.59 Å². The molecule has 8 nitrogen and oxygen atoms in total. The predicted octanol–water partition coefficient (Wildman–Crippen LogP) is 5.08. The van der Waals surface area contributed by atoms with Crippen LogP contribution in [-0.4, -0.2) is 78.4 Å². The van der Waals surface area contributed by atoms with Gasteiger partial charge in [0.25, 0.3) is 5.91 Å². The number of nitrogens with zero attached hydrogens (tertiary/aromatic N) is 4. The van der Waals surface area contributed by atoms with Crippen LogP contribution in [0.25, 0.3) is 11.0 Å². The molecule has 0 N–H and O–H groups in total. The second-order valence-corrected chi connectivity index (χ2v) is 17.7. The molecule has 38 heavy (non-hydrogen) atoms. The monoisotopic (exact) mass is 540 g/mol. The summed E-state index contributed by atoms with van der Waals surface area (Å²) in [6.45, 7) is 12.7. The topological polar surface area (TPSA) is 76.9 Å². The van der Waals surface area contributed by atoms with E-state index in [0.717, 1.165) is 31.2 Å². The van der Waals surface area contributed by atoms with Gasteiger partial charge in [0.05, 0.1) is 12.6 Å². The molecule has 3 fully saturated rings. The minimum atomic E-state index is -1.79. The van der Waals surface area contributed by atoms with Crippen LogP contribution in [0.4, 0.5) is 0 Å². The Morgan fingerprint density at radius 1 is 1.05 bits per heavy atom. The highest BCUT2D eigenvalue weighted by atomic mass is 28.4. The fraction of sp³-hybridized carbons (Fsp3) is 0.690. The number of carbonyl (C=O) groups is 2. The Labute approximate surface area is 227 Å². The number of rotatable bonds is 6. The van der Waals surface area contributed by atoms with Gasteiger partial charge in [-0.1, -0.05) is 20.8 Å². The van der Waals surface area contributed by atoms with E-state index in [4.69, 9.17) is 9.16 Å². The van der Waals surface area contributed by atoms with E-state index >= 15 is 0 Å². The van der Waals surface area contributed by atoms with Crippen LogP contribution < -0.4 is 4.74 Å². The molecule has 0 radical (unpaired) electrons. The maximum atomic E-state index is 13.5. The lowest BCUT2D eigenvalue weighted by molar-refractivity contribution is -0.138. The van der Waals surface area contributed by atoms with Crippen LogP contribution >= 0.6 is 0 Å². The third-order valence-corrected chi connectivity index (χ3v) is 13.9. The summed E-state index contributed by atoms with van der Waals surface area (Å²) < 4.78 is 14.1. The Kier molecular flexibility index (Phi) is 7.13. The number of ether oxygens (including phenoxy) is 1. The summed E-state index contributed by atoms with van der Waals surface area (Å²) in [5.74, 6) is 1.47. The number of amides is 2. The van der Waals surface area contributed by atoms with E-state index < -0.39 is 8.32 Å². The van der Waals surface area contributed by atoms with E-state index in [9.17, 15) is 9.59 Å². The van der Waals surface area contributed by atoms with E-state index in [0.29, 0.717) is 42.2 Å². The number of imidazole rings is 1. The van der Waals surface area contributed by atoms with Gasteiger partial charge in [0.2, 0.25) is 5.91 Å². The largest absolute Gasteiger partial charge is 0.494 e. The van der Waals surface area contributed by atoms with Crippen LogP contribution in [0.2, 0.25) is 18.1 Å². The van der Waals surface area contributed by atoms with Crippen molar-refractivity contribution < 1.29 is 18.8 Å². The first-order valence-corrected chi connectivity index (χ1v) is 17.1. The summed E-state index contributed by atoms with van der Waals surface area (Å²) in [5.41, 5.74) is 2.84. The number of aryl methyl sites for hydroxylation is 1. The average Bonchev–Trinajstić information content (AvgIpc) is 3.66. The fourth-order valence-corrected chi connectivity index (χ4v) is 7.15. The van der Waals surface area contributed by atoms with Crippen LogP contribution in [0.3, 0.4) is 0 Å². The molecule has 2 aromatic rings. The molecule has 2 amide bonds. The van der Waals surface area contributed by atoms with Crippen molar-refractivity contribution in [2.75, 3.05) is 26.7 Å². The Balaban J connectivity index is 1.22. The molecule has 2 saturated carbocycles. The molecule has 0 unspecified atom stereocenters. The van der Waals surface area contributed by atoms with Gasteiger partial charge < -0.3 is 23.5 Å². The summed E-state index contributed by atoms with van der Waals surface area (Å²) in [7, 11) is 1.73. The zero-order chi connectivity index (χ0) is 27.4. The Morgan fingerprint density at radius 3 is 2.32 bits per heavy atom. The lowest BCUT2D eigenvalue weighted by atomic mass is 9.91. The van der Waals surface area contributed by atoms with Crippen molar-refractivity contribution in [1.82, 2.24) is 19.4 Å². The van der Waals surface area contributed by atoms with Gasteiger partial charge in [-0.2, -0.15) is 0 Å². The molecule has 3 aliphatic rings. The smallest absolute Gasteiger partial charge is 0.290 e. The summed E-state index contributed by atoms with van der Waals surface area (Å²) in [6.07, 6.45) is 6.59. The number of methoxy groups -OCH3 is 1. The number of benzene rings is 1. The van der Waals surface area contributed by atoms with E-state index in [2.05, 4.69) is 51.0 Å². The first-order valence-electron chi connectivity index (χ1n) is 14.2. The van der Waals surface area contributed by atoms with Crippen molar-refractivity contribution in [3.63, 3.8) is 0 Å². The average molecular weight is 541 g/mol. The van der Waals surface area contributed by atoms with Crippen LogP contribution in [-0.2, 0) is 16.3 Å². The molecule has 1 aromatic carbocycles. The highest BCUT2D eigenvalue weighted by Crippen LogP contribution is 2.43. The number of carbonyl (C=O) groups excluding carboxylic acids is 2. The molecule has 2 heterocycles. The molecule has 208 valence electrons. The lowest BCUT2D eigenvalue weighted by Crippen LogP contribution is -2.56. The maximum Gasteiger partial charge on any atom is 0.290 e. The number of hydrogen-bond acceptors (Lipinski definition) is 5. The third kappa shape index (κ3) is 5.11. The van der Waals surface area contributed by atoms with Crippen molar-refractivity contribution in [2.24, 2.45) is 7.05 Å². The van der Waals surface area contributed by atoms with Crippen molar-refractivity contribution in [2.45, 2.75) is 95.5 Å². The summed E-state index contributed by atoms with van der Waals surface area (Å²) >= 11 is 0. The van der Waals surface area contributed by atoms with E-state index in [1.165, 1.54) is 18.4 Å². The van der Waals surface area contributed by atoms with Crippen molar-refractivity contribution in [1.29, 1.82) is 0 Å². The van der Waals surface area contributed by atoms with Gasteiger partial charge in [0, 0.05) is 32.3 Å². The quantitative estimate of drug-likeness (QED) is 0.478. The molecule has 5 rings (SSSR count). The van der Waals surface area contributed by atoms with Gasteiger partial charge in [0.1, 0.15) is 17.8 Å². The standard InChI is InChI=1S/C29H44N4O4Si/c1-29(2,3)38(6,7)37-22-12-10-21(11-13-22)33-15-14-32(18-25(33)34)28(35)27-30-26-23(31(27)4)16-20(19-8-9-19)17-24(26)36-5/h16-17,19,21-22H,8-15,18H2,1-7H3/t21-,22-. The normalized spacial score (nSPS) is 23.3. The Bertz CT molecular complexity index is 1220. The predicted molar refractivity (Wildman–Crippen MR) is 151 cm³/mol. The lowest BCUT2D eigenvalue weighted by Gasteiger charge is -2.44. The molecule has 9 heteroatoms. The number of aromatic nitrogens is 2. The fourth-order valence-electron chi connectivity index (χ4n) is 5.73. The van der Waals surface area contributed by atoms with Crippen LogP contribution in [0.15, 0.2) is 12.1 Å². The first kappa shape index (κ1) is 27.2. The molecule has 1 aliphatic heterocycles. The zero-order valence-corrected chi connectivity index (χ0v) is 25.2. The SMILES string of the molecule is COc1cc(C2CC2)cc2c1nc(C(=O)N1CCN([C@H]3CC[C@H](O[Si](C)(C)C(C)(C)C)CC3)C(=O)C1)n2C. The zero-order valence-electron chi connectivity index (χ0n) is 24.2. The van der Waals surface area contributed by atoms with E-state index in [-0.39, 0.29) is 29.4 Å². The molecule has 0 atom stereocenters. The minimum Gasteiger partial charge on any atom is -0.494 e. The van der Waals surface area contributed by atoms with Crippen LogP contribution in [0, 0.1) is 0 Å². The first-order chi connectivity index (χ1) is 17.9. The third-order valence-electron chi connectivity index (χ3n) is 9.33. The van der Waals surface area contributed by atoms with Gasteiger partial charge in [-0.25, -0.2) is 4.98 Å². The van der Waals surface area contributed by atoms with Crippen LogP contribution in [0.1, 0.15) is 81.4 Å². The molecule has 0 bridgehead atoms. The molecular formula is C29H44N4O4Si. The van der Waals surface area contributed by atoms with Gasteiger partial charge >= 0.3 is 0 Å². The second kappa shape index (κ2) is 9.97. The van der Waals surface area contributed by atoms with Gasteiger partial charge in [-0.15, -0.1) is 0 Å². The maximum absolute atomic E-state index is 13.5. The molecule has 1 aromatic heterocycles. The van der Waals surface area contributed by atoms with E-state index in [1.54, 1.807) is 12.0 Å². The molecule has 0 spiro atoms. The molecule has 2 aliphatic carbocycles. The Morgan fingerprint density at radius 2 is 1.74 bits per heavy atom. The van der Waals surface area contributed by atoms with Crippen molar-refractivity contribution in [3.05, 3.63) is 23.5 Å². The molecular weight excluding hydrogens is 496 g/mol. The number of fused-ring (bicyclic) bond motifs is 1. The van der Waals surface area contributed by atoms with Gasteiger partial charge in [0.15, 0.2) is 14.1 Å². The number of hydrogen-bond donors (Lipinski definition) is 0. The highest BCUT2D eigenvalue weighted by Gasteiger charge is 2.41.